The molecule has 5 rings (SSSR count). The lowest BCUT2D eigenvalue weighted by Crippen LogP contribution is -2.56. The van der Waals surface area contributed by atoms with E-state index in [4.69, 9.17) is 14.3 Å². The van der Waals surface area contributed by atoms with E-state index in [-0.39, 0.29) is 22.4 Å². The van der Waals surface area contributed by atoms with Crippen LogP contribution in [0.15, 0.2) is 36.4 Å². The first-order valence-corrected chi connectivity index (χ1v) is 12.3. The number of imide groups is 1. The van der Waals surface area contributed by atoms with E-state index in [9.17, 15) is 14.4 Å². The number of halogens is 1. The topological polar surface area (TPSA) is 91.0 Å². The van der Waals surface area contributed by atoms with Gasteiger partial charge < -0.3 is 15.0 Å². The lowest BCUT2D eigenvalue weighted by Gasteiger charge is -2.47. The van der Waals surface area contributed by atoms with Gasteiger partial charge in [0.15, 0.2) is 0 Å². The number of nitrogens with zero attached hydrogens (tertiary/aromatic N) is 2. The van der Waals surface area contributed by atoms with Crippen molar-refractivity contribution in [2.24, 2.45) is 0 Å². The first-order chi connectivity index (χ1) is 20.5. The number of piperidine rings is 1. The van der Waals surface area contributed by atoms with Crippen molar-refractivity contribution in [3.63, 3.8) is 0 Å². The second-order valence-corrected chi connectivity index (χ2v) is 10.9. The van der Waals surface area contributed by atoms with Crippen LogP contribution in [0, 0.1) is 5.82 Å². The zero-order valence-corrected chi connectivity index (χ0v) is 21.7. The van der Waals surface area contributed by atoms with E-state index in [1.54, 1.807) is 11.4 Å². The van der Waals surface area contributed by atoms with Crippen molar-refractivity contribution in [2.75, 3.05) is 18.4 Å². The van der Waals surface area contributed by atoms with E-state index in [1.165, 1.54) is 30.3 Å². The molecule has 2 aromatic carbocycles. The number of fused-ring (bicyclic) bond motifs is 1. The van der Waals surface area contributed by atoms with Crippen LogP contribution >= 0.6 is 0 Å². The number of hydrogen-bond donors (Lipinski definition) is 2. The minimum atomic E-state index is -3.45. The smallest absolute Gasteiger partial charge is 0.255 e. The highest BCUT2D eigenvalue weighted by Crippen LogP contribution is 2.33. The highest BCUT2D eigenvalue weighted by molar-refractivity contribution is 6.06. The molecule has 1 unspecified atom stereocenters. The van der Waals surface area contributed by atoms with Crippen LogP contribution in [-0.4, -0.2) is 57.8 Å². The number of carbonyl (C=O) groups is 3. The predicted octanol–water partition coefficient (Wildman–Crippen LogP) is 3.59. The third-order valence-electron chi connectivity index (χ3n) is 6.50. The second-order valence-electron chi connectivity index (χ2n) is 10.9. The third kappa shape index (κ3) is 5.44. The van der Waals surface area contributed by atoms with Crippen LogP contribution in [0.25, 0.3) is 0 Å². The number of morpholine rings is 1. The molecular formula is C29H35FN4O4. The summed E-state index contributed by atoms with van der Waals surface area (Å²) in [7, 11) is 0. The molecule has 0 bridgehead atoms. The van der Waals surface area contributed by atoms with Crippen molar-refractivity contribution < 1.29 is 33.1 Å². The monoisotopic (exact) mass is 529 g/mol. The average Bonchev–Trinajstić information content (AvgIpc) is 3.23. The molecule has 3 aliphatic heterocycles. The van der Waals surface area contributed by atoms with Crippen LogP contribution in [0.5, 0.6) is 0 Å². The Morgan fingerprint density at radius 3 is 2.66 bits per heavy atom. The van der Waals surface area contributed by atoms with Crippen LogP contribution in [0.3, 0.4) is 0 Å². The van der Waals surface area contributed by atoms with Gasteiger partial charge in [-0.05, 0) is 63.9 Å². The first kappa shape index (κ1) is 18.9. The Morgan fingerprint density at radius 1 is 1.18 bits per heavy atom. The number of ether oxygens (including phenoxy) is 1. The summed E-state index contributed by atoms with van der Waals surface area (Å²) in [6.45, 7) is 6.46. The molecule has 2 aromatic rings. The highest BCUT2D eigenvalue weighted by Gasteiger charge is 2.40. The van der Waals surface area contributed by atoms with Crippen LogP contribution in [0.2, 0.25) is 0 Å². The molecule has 3 amide bonds. The number of rotatable bonds is 6. The summed E-state index contributed by atoms with van der Waals surface area (Å²) >= 11 is 0. The Hall–Kier alpha value is -3.30. The van der Waals surface area contributed by atoms with Crippen LogP contribution in [0.1, 0.15) is 77.1 Å². The summed E-state index contributed by atoms with van der Waals surface area (Å²) < 4.78 is 80.1. The van der Waals surface area contributed by atoms with Gasteiger partial charge in [0.1, 0.15) is 11.8 Å². The van der Waals surface area contributed by atoms with Gasteiger partial charge in [-0.2, -0.15) is 0 Å². The molecule has 3 heterocycles. The molecule has 0 aromatic heterocycles. The Balaban J connectivity index is 1.44. The Labute approximate surface area is 232 Å². The number of amides is 3. The SMILES string of the molecule is [2H]C([2H])(Nc1cccc2c1CN(C1([2H])C(=O)NC(=O)C([2H])([2H])C1([2H])[2H])C2=O)c1cc(CN2CC(C)(C)OC(C)(C)C2)ccc1F. The standard InChI is InChI=1S/C29H35FN4O4/c1-28(2)16-33(17-29(3,4)38-28)14-18-8-9-22(30)19(12-18)13-31-23-7-5-6-20-21(23)15-34(27(20)37)24-10-11-25(35)32-26(24)36/h5-9,12,24,31H,10-11,13-17H2,1-4H3,(H,32,35,36)/i10D2,11D2,13D2,24D. The van der Waals surface area contributed by atoms with Gasteiger partial charge in [0.2, 0.25) is 11.8 Å². The molecule has 3 aliphatic rings. The molecule has 0 spiro atoms. The maximum atomic E-state index is 15.2. The summed E-state index contributed by atoms with van der Waals surface area (Å²) in [5.41, 5.74) is -0.452. The van der Waals surface area contributed by atoms with Crippen molar-refractivity contribution in [2.45, 2.75) is 77.2 Å². The normalized spacial score (nSPS) is 30.5. The summed E-state index contributed by atoms with van der Waals surface area (Å²) in [4.78, 5) is 41.1. The van der Waals surface area contributed by atoms with Crippen molar-refractivity contribution >= 4 is 23.4 Å². The highest BCUT2D eigenvalue weighted by atomic mass is 19.1. The lowest BCUT2D eigenvalue weighted by atomic mass is 9.98. The second kappa shape index (κ2) is 9.78. The van der Waals surface area contributed by atoms with Gasteiger partial charge in [-0.1, -0.05) is 12.1 Å². The van der Waals surface area contributed by atoms with Crippen molar-refractivity contribution in [3.05, 3.63) is 64.5 Å². The zero-order chi connectivity index (χ0) is 33.5. The van der Waals surface area contributed by atoms with E-state index in [2.05, 4.69) is 10.2 Å². The van der Waals surface area contributed by atoms with Crippen molar-refractivity contribution in [1.82, 2.24) is 15.1 Å². The van der Waals surface area contributed by atoms with Gasteiger partial charge in [0.05, 0.1) is 15.3 Å². The number of benzene rings is 2. The fourth-order valence-corrected chi connectivity index (χ4v) is 5.40. The minimum absolute atomic E-state index is 0.0225. The van der Waals surface area contributed by atoms with E-state index >= 15 is 4.39 Å². The molecule has 9 heteroatoms. The number of nitrogens with one attached hydrogen (secondary N) is 2. The molecule has 2 N–H and O–H groups in total. The van der Waals surface area contributed by atoms with Gasteiger partial charge in [-0.3, -0.25) is 24.6 Å². The third-order valence-corrected chi connectivity index (χ3v) is 6.50. The van der Waals surface area contributed by atoms with E-state index in [1.807, 2.05) is 27.7 Å². The van der Waals surface area contributed by atoms with Gasteiger partial charge in [0.25, 0.3) is 5.91 Å². The Kier molecular flexibility index (Phi) is 4.86. The number of carbonyl (C=O) groups excluding carboxylic acids is 3. The van der Waals surface area contributed by atoms with E-state index < -0.39 is 66.5 Å². The molecule has 0 aliphatic carbocycles. The van der Waals surface area contributed by atoms with Gasteiger partial charge in [0, 0.05) is 66.9 Å². The summed E-state index contributed by atoms with van der Waals surface area (Å²) in [6.07, 6.45) is -6.78. The number of hydrogen-bond acceptors (Lipinski definition) is 6. The summed E-state index contributed by atoms with van der Waals surface area (Å²) in [5.74, 6) is -4.87. The zero-order valence-electron chi connectivity index (χ0n) is 28.7. The van der Waals surface area contributed by atoms with Crippen molar-refractivity contribution in [1.29, 1.82) is 0 Å². The van der Waals surface area contributed by atoms with Gasteiger partial charge in [-0.25, -0.2) is 4.39 Å². The van der Waals surface area contributed by atoms with E-state index in [0.29, 0.717) is 30.1 Å². The Bertz CT molecular complexity index is 1590. The maximum absolute atomic E-state index is 15.2. The first-order valence-electron chi connectivity index (χ1n) is 15.8. The minimum Gasteiger partial charge on any atom is -0.381 e. The molecule has 202 valence electrons. The largest absolute Gasteiger partial charge is 0.381 e. The molecule has 2 saturated heterocycles. The summed E-state index contributed by atoms with van der Waals surface area (Å²) in [5, 5.41) is 4.30. The molecular weight excluding hydrogens is 487 g/mol. The summed E-state index contributed by atoms with van der Waals surface area (Å²) in [6, 6.07) is 5.18. The fraction of sp³-hybridized carbons (Fsp3) is 0.483. The predicted molar refractivity (Wildman–Crippen MR) is 141 cm³/mol. The quantitative estimate of drug-likeness (QED) is 0.556. The number of anilines is 1. The van der Waals surface area contributed by atoms with Crippen LogP contribution in [0.4, 0.5) is 10.1 Å². The van der Waals surface area contributed by atoms with Gasteiger partial charge in [-0.15, -0.1) is 0 Å². The van der Waals surface area contributed by atoms with Gasteiger partial charge >= 0.3 is 0 Å². The lowest BCUT2D eigenvalue weighted by molar-refractivity contribution is -0.182. The average molecular weight is 530 g/mol. The molecule has 1 atom stereocenters. The maximum Gasteiger partial charge on any atom is 0.255 e. The molecule has 0 saturated carbocycles. The van der Waals surface area contributed by atoms with Crippen LogP contribution in [-0.2, 0) is 33.9 Å². The fourth-order valence-electron chi connectivity index (χ4n) is 5.40. The molecule has 8 nitrogen and oxygen atoms in total. The molecule has 2 fully saturated rings. The van der Waals surface area contributed by atoms with Crippen molar-refractivity contribution in [3.8, 4) is 0 Å². The van der Waals surface area contributed by atoms with Crippen LogP contribution < -0.4 is 10.6 Å². The van der Waals surface area contributed by atoms with E-state index in [0.717, 1.165) is 0 Å². The molecule has 38 heavy (non-hydrogen) atoms. The Morgan fingerprint density at radius 2 is 1.92 bits per heavy atom. The molecule has 0 radical (unpaired) electrons.